The SMILES string of the molecule is CC(C)(C)[C@@H]1OCC[C@H]1c1noc(C2CCN(c3cnccn3)CC2)n1. The van der Waals surface area contributed by atoms with E-state index in [1.165, 1.54) is 0 Å². The molecule has 2 atom stereocenters. The minimum atomic E-state index is 0.0734. The molecule has 140 valence electrons. The smallest absolute Gasteiger partial charge is 0.229 e. The first-order chi connectivity index (χ1) is 12.5. The molecule has 26 heavy (non-hydrogen) atoms. The Hall–Kier alpha value is -2.02. The summed E-state index contributed by atoms with van der Waals surface area (Å²) in [6.07, 6.45) is 8.34. The van der Waals surface area contributed by atoms with Crippen molar-refractivity contribution in [3.63, 3.8) is 0 Å². The molecule has 0 spiro atoms. The average molecular weight is 357 g/mol. The van der Waals surface area contributed by atoms with Gasteiger partial charge in [0.05, 0.1) is 18.2 Å². The van der Waals surface area contributed by atoms with Crippen molar-refractivity contribution in [3.05, 3.63) is 30.3 Å². The van der Waals surface area contributed by atoms with Crippen LogP contribution in [0.5, 0.6) is 0 Å². The van der Waals surface area contributed by atoms with Crippen LogP contribution in [-0.2, 0) is 4.74 Å². The number of anilines is 1. The second-order valence-corrected chi connectivity index (χ2v) is 8.37. The van der Waals surface area contributed by atoms with Crippen LogP contribution < -0.4 is 4.90 Å². The zero-order valence-corrected chi connectivity index (χ0v) is 15.8. The molecular formula is C19H27N5O2. The van der Waals surface area contributed by atoms with Gasteiger partial charge in [-0.25, -0.2) is 4.98 Å². The Morgan fingerprint density at radius 3 is 2.62 bits per heavy atom. The molecule has 2 fully saturated rings. The molecule has 4 heterocycles. The molecule has 0 bridgehead atoms. The van der Waals surface area contributed by atoms with Gasteiger partial charge >= 0.3 is 0 Å². The minimum absolute atomic E-state index is 0.0734. The highest BCUT2D eigenvalue weighted by Gasteiger charge is 2.41. The van der Waals surface area contributed by atoms with Gasteiger partial charge in [0.25, 0.3) is 0 Å². The predicted molar refractivity (Wildman–Crippen MR) is 97.1 cm³/mol. The lowest BCUT2D eigenvalue weighted by molar-refractivity contribution is 0.0193. The van der Waals surface area contributed by atoms with Gasteiger partial charge in [-0.2, -0.15) is 4.98 Å². The van der Waals surface area contributed by atoms with Gasteiger partial charge < -0.3 is 14.2 Å². The zero-order chi connectivity index (χ0) is 18.1. The van der Waals surface area contributed by atoms with E-state index in [9.17, 15) is 0 Å². The molecule has 0 unspecified atom stereocenters. The van der Waals surface area contributed by atoms with Crippen LogP contribution in [0, 0.1) is 5.41 Å². The molecule has 0 N–H and O–H groups in total. The highest BCUT2D eigenvalue weighted by Crippen LogP contribution is 2.40. The van der Waals surface area contributed by atoms with Crippen LogP contribution in [0.15, 0.2) is 23.1 Å². The number of hydrogen-bond donors (Lipinski definition) is 0. The summed E-state index contributed by atoms with van der Waals surface area (Å²) >= 11 is 0. The maximum atomic E-state index is 5.96. The van der Waals surface area contributed by atoms with Crippen LogP contribution in [0.1, 0.15) is 63.6 Å². The molecule has 0 saturated carbocycles. The molecule has 4 rings (SSSR count). The van der Waals surface area contributed by atoms with Crippen molar-refractivity contribution >= 4 is 5.82 Å². The molecule has 2 aromatic heterocycles. The minimum Gasteiger partial charge on any atom is -0.377 e. The summed E-state index contributed by atoms with van der Waals surface area (Å²) < 4.78 is 11.6. The molecular weight excluding hydrogens is 330 g/mol. The van der Waals surface area contributed by atoms with Crippen LogP contribution >= 0.6 is 0 Å². The summed E-state index contributed by atoms with van der Waals surface area (Å²) in [4.78, 5) is 15.6. The summed E-state index contributed by atoms with van der Waals surface area (Å²) in [5.41, 5.74) is 0.0734. The Morgan fingerprint density at radius 1 is 1.12 bits per heavy atom. The fourth-order valence-electron chi connectivity index (χ4n) is 4.08. The highest BCUT2D eigenvalue weighted by atomic mass is 16.5. The summed E-state index contributed by atoms with van der Waals surface area (Å²) in [5.74, 6) is 3.08. The van der Waals surface area contributed by atoms with Crippen molar-refractivity contribution in [3.8, 4) is 0 Å². The van der Waals surface area contributed by atoms with Gasteiger partial charge in [0.1, 0.15) is 5.82 Å². The van der Waals surface area contributed by atoms with Crippen LogP contribution in [-0.4, -0.2) is 45.9 Å². The molecule has 7 heteroatoms. The number of rotatable bonds is 3. The van der Waals surface area contributed by atoms with E-state index in [0.29, 0.717) is 5.92 Å². The molecule has 2 aliphatic heterocycles. The zero-order valence-electron chi connectivity index (χ0n) is 15.8. The van der Waals surface area contributed by atoms with Crippen LogP contribution in [0.3, 0.4) is 0 Å². The third-order valence-corrected chi connectivity index (χ3v) is 5.45. The average Bonchev–Trinajstić information content (AvgIpc) is 3.31. The number of aromatic nitrogens is 4. The summed E-state index contributed by atoms with van der Waals surface area (Å²) in [6.45, 7) is 9.25. The van der Waals surface area contributed by atoms with Crippen molar-refractivity contribution in [2.75, 3.05) is 24.6 Å². The van der Waals surface area contributed by atoms with Crippen molar-refractivity contribution in [1.29, 1.82) is 0 Å². The third kappa shape index (κ3) is 3.45. The first-order valence-electron chi connectivity index (χ1n) is 9.48. The van der Waals surface area contributed by atoms with Gasteiger partial charge in [0, 0.05) is 38.0 Å². The quantitative estimate of drug-likeness (QED) is 0.835. The topological polar surface area (TPSA) is 77.2 Å². The molecule has 0 amide bonds. The van der Waals surface area contributed by atoms with E-state index >= 15 is 0 Å². The lowest BCUT2D eigenvalue weighted by Crippen LogP contribution is -2.33. The highest BCUT2D eigenvalue weighted by molar-refractivity contribution is 5.35. The summed E-state index contributed by atoms with van der Waals surface area (Å²) in [7, 11) is 0. The monoisotopic (exact) mass is 357 g/mol. The van der Waals surface area contributed by atoms with Gasteiger partial charge in [0.15, 0.2) is 5.82 Å². The van der Waals surface area contributed by atoms with E-state index in [0.717, 1.165) is 56.5 Å². The van der Waals surface area contributed by atoms with Crippen LogP contribution in [0.4, 0.5) is 5.82 Å². The standard InChI is InChI=1S/C19H27N5O2/c1-19(2,3)16-14(6-11-25-16)17-22-18(26-23-17)13-4-9-24(10-5-13)15-12-20-7-8-21-15/h7-8,12-14,16H,4-6,9-11H2,1-3H3/t14-,16-/m1/s1. The predicted octanol–water partition coefficient (Wildman–Crippen LogP) is 3.16. The normalized spacial score (nSPS) is 25.0. The molecule has 2 aromatic rings. The number of ether oxygens (including phenoxy) is 1. The maximum Gasteiger partial charge on any atom is 0.229 e. The van der Waals surface area contributed by atoms with Gasteiger partial charge in [0.2, 0.25) is 5.89 Å². The van der Waals surface area contributed by atoms with Crippen molar-refractivity contribution in [1.82, 2.24) is 20.1 Å². The Balaban J connectivity index is 1.41. The summed E-state index contributed by atoms with van der Waals surface area (Å²) in [6, 6.07) is 0. The second-order valence-electron chi connectivity index (χ2n) is 8.37. The largest absolute Gasteiger partial charge is 0.377 e. The van der Waals surface area contributed by atoms with Gasteiger partial charge in [-0.1, -0.05) is 25.9 Å². The fourth-order valence-corrected chi connectivity index (χ4v) is 4.08. The molecule has 0 aliphatic carbocycles. The van der Waals surface area contributed by atoms with Crippen molar-refractivity contribution in [2.24, 2.45) is 5.41 Å². The Kier molecular flexibility index (Phi) is 4.65. The molecule has 2 aliphatic rings. The maximum absolute atomic E-state index is 5.96. The first-order valence-corrected chi connectivity index (χ1v) is 9.48. The molecule has 7 nitrogen and oxygen atoms in total. The van der Waals surface area contributed by atoms with E-state index in [2.05, 4.69) is 40.8 Å². The fraction of sp³-hybridized carbons (Fsp3) is 0.684. The molecule has 0 aromatic carbocycles. The first kappa shape index (κ1) is 17.4. The van der Waals surface area contributed by atoms with E-state index < -0.39 is 0 Å². The molecule has 0 radical (unpaired) electrons. The van der Waals surface area contributed by atoms with E-state index in [1.54, 1.807) is 12.4 Å². The van der Waals surface area contributed by atoms with E-state index in [1.807, 2.05) is 6.20 Å². The number of hydrogen-bond acceptors (Lipinski definition) is 7. The summed E-state index contributed by atoms with van der Waals surface area (Å²) in [5, 5.41) is 4.31. The van der Waals surface area contributed by atoms with Gasteiger partial charge in [-0.3, -0.25) is 4.98 Å². The van der Waals surface area contributed by atoms with Crippen molar-refractivity contribution < 1.29 is 9.26 Å². The Morgan fingerprint density at radius 2 is 1.92 bits per heavy atom. The molecule has 2 saturated heterocycles. The number of piperidine rings is 1. The van der Waals surface area contributed by atoms with E-state index in [-0.39, 0.29) is 17.4 Å². The van der Waals surface area contributed by atoms with Crippen molar-refractivity contribution in [2.45, 2.75) is 58.0 Å². The third-order valence-electron chi connectivity index (χ3n) is 5.45. The van der Waals surface area contributed by atoms with E-state index in [4.69, 9.17) is 14.2 Å². The van der Waals surface area contributed by atoms with Crippen LogP contribution in [0.25, 0.3) is 0 Å². The number of nitrogens with zero attached hydrogens (tertiary/aromatic N) is 5. The van der Waals surface area contributed by atoms with Gasteiger partial charge in [-0.15, -0.1) is 0 Å². The Bertz CT molecular complexity index is 719. The van der Waals surface area contributed by atoms with Crippen LogP contribution in [0.2, 0.25) is 0 Å². The second kappa shape index (κ2) is 6.95. The lowest BCUT2D eigenvalue weighted by atomic mass is 9.81. The lowest BCUT2D eigenvalue weighted by Gasteiger charge is -2.31. The van der Waals surface area contributed by atoms with Gasteiger partial charge in [-0.05, 0) is 24.7 Å². The Labute approximate surface area is 154 Å².